The molecule has 1 aliphatic carbocycles. The molecule has 7 heteroatoms. The highest BCUT2D eigenvalue weighted by Crippen LogP contribution is 2.18. The standard InChI is InChI=1S/C15H29N5O.HI/c1-16-15(17-13-5-4-6-13)20-11-9-19(10-12-20)8-7-14(21)18(2)3;/h13H,4-12H2,1-3H3,(H,16,17);1H. The smallest absolute Gasteiger partial charge is 0.223 e. The van der Waals surface area contributed by atoms with E-state index < -0.39 is 0 Å². The van der Waals surface area contributed by atoms with Crippen LogP contribution in [0.2, 0.25) is 0 Å². The second kappa shape index (κ2) is 9.54. The second-order valence-corrected chi connectivity index (χ2v) is 6.19. The Kier molecular flexibility index (Phi) is 8.45. The summed E-state index contributed by atoms with van der Waals surface area (Å²) in [6, 6.07) is 0.624. The average Bonchev–Trinajstić information content (AvgIpc) is 2.44. The summed E-state index contributed by atoms with van der Waals surface area (Å²) in [6.07, 6.45) is 4.49. The molecule has 128 valence electrons. The lowest BCUT2D eigenvalue weighted by Crippen LogP contribution is -2.55. The van der Waals surface area contributed by atoms with Gasteiger partial charge in [0, 0.05) is 66.3 Å². The van der Waals surface area contributed by atoms with E-state index in [-0.39, 0.29) is 29.9 Å². The second-order valence-electron chi connectivity index (χ2n) is 6.19. The molecule has 2 fully saturated rings. The summed E-state index contributed by atoms with van der Waals surface area (Å²) >= 11 is 0. The third-order valence-electron chi connectivity index (χ3n) is 4.46. The van der Waals surface area contributed by atoms with Crippen LogP contribution < -0.4 is 5.32 Å². The molecule has 0 aromatic rings. The van der Waals surface area contributed by atoms with Gasteiger partial charge in [-0.05, 0) is 19.3 Å². The number of guanidine groups is 1. The zero-order valence-corrected chi connectivity index (χ0v) is 16.4. The molecule has 1 amide bonds. The van der Waals surface area contributed by atoms with Gasteiger partial charge >= 0.3 is 0 Å². The van der Waals surface area contributed by atoms with Crippen molar-refractivity contribution in [1.82, 2.24) is 20.0 Å². The highest BCUT2D eigenvalue weighted by Gasteiger charge is 2.24. The van der Waals surface area contributed by atoms with Crippen molar-refractivity contribution in [3.8, 4) is 0 Å². The van der Waals surface area contributed by atoms with Gasteiger partial charge in [-0.15, -0.1) is 24.0 Å². The van der Waals surface area contributed by atoms with E-state index in [0.717, 1.165) is 38.7 Å². The number of rotatable bonds is 4. The molecule has 22 heavy (non-hydrogen) atoms. The van der Waals surface area contributed by atoms with Gasteiger partial charge in [-0.2, -0.15) is 0 Å². The quantitative estimate of drug-likeness (QED) is 0.414. The first-order chi connectivity index (χ1) is 10.1. The first-order valence-electron chi connectivity index (χ1n) is 8.01. The molecule has 0 atom stereocenters. The van der Waals surface area contributed by atoms with Gasteiger partial charge in [0.1, 0.15) is 0 Å². The number of amides is 1. The van der Waals surface area contributed by atoms with Crippen LogP contribution in [0.1, 0.15) is 25.7 Å². The Hall–Kier alpha value is -0.570. The third kappa shape index (κ3) is 5.57. The number of carbonyl (C=O) groups excluding carboxylic acids is 1. The molecule has 1 heterocycles. The third-order valence-corrected chi connectivity index (χ3v) is 4.46. The molecule has 2 aliphatic rings. The Morgan fingerprint density at radius 3 is 2.32 bits per heavy atom. The van der Waals surface area contributed by atoms with Gasteiger partial charge in [-0.1, -0.05) is 0 Å². The van der Waals surface area contributed by atoms with Crippen LogP contribution in [0.25, 0.3) is 0 Å². The molecule has 1 aliphatic heterocycles. The molecule has 6 nitrogen and oxygen atoms in total. The van der Waals surface area contributed by atoms with Crippen LogP contribution in [0.5, 0.6) is 0 Å². The molecular weight excluding hydrogens is 393 g/mol. The van der Waals surface area contributed by atoms with E-state index in [2.05, 4.69) is 20.1 Å². The van der Waals surface area contributed by atoms with Gasteiger partial charge in [0.05, 0.1) is 0 Å². The van der Waals surface area contributed by atoms with Crippen LogP contribution in [0, 0.1) is 0 Å². The number of halogens is 1. The number of carbonyl (C=O) groups is 1. The maximum Gasteiger partial charge on any atom is 0.223 e. The van der Waals surface area contributed by atoms with Crippen molar-refractivity contribution in [1.29, 1.82) is 0 Å². The Morgan fingerprint density at radius 2 is 1.86 bits per heavy atom. The maximum atomic E-state index is 11.6. The summed E-state index contributed by atoms with van der Waals surface area (Å²) in [6.45, 7) is 4.85. The first-order valence-corrected chi connectivity index (χ1v) is 8.01. The molecule has 0 aromatic heterocycles. The number of nitrogens with zero attached hydrogens (tertiary/aromatic N) is 4. The largest absolute Gasteiger partial charge is 0.354 e. The van der Waals surface area contributed by atoms with E-state index in [1.165, 1.54) is 19.3 Å². The van der Waals surface area contributed by atoms with Crippen molar-refractivity contribution in [3.63, 3.8) is 0 Å². The normalized spacial score (nSPS) is 20.1. The molecule has 1 saturated heterocycles. The molecule has 2 rings (SSSR count). The first kappa shape index (κ1) is 19.5. The average molecular weight is 423 g/mol. The predicted octanol–water partition coefficient (Wildman–Crippen LogP) is 0.828. The maximum absolute atomic E-state index is 11.6. The predicted molar refractivity (Wildman–Crippen MR) is 101 cm³/mol. The van der Waals surface area contributed by atoms with Gasteiger partial charge < -0.3 is 15.1 Å². The molecule has 0 spiro atoms. The van der Waals surface area contributed by atoms with Crippen molar-refractivity contribution in [2.75, 3.05) is 53.9 Å². The number of hydrogen-bond acceptors (Lipinski definition) is 3. The van der Waals surface area contributed by atoms with Crippen LogP contribution in [-0.4, -0.2) is 86.5 Å². The topological polar surface area (TPSA) is 51.2 Å². The zero-order valence-electron chi connectivity index (χ0n) is 14.0. The number of nitrogens with one attached hydrogen (secondary N) is 1. The molecule has 0 unspecified atom stereocenters. The Labute approximate surface area is 151 Å². The van der Waals surface area contributed by atoms with E-state index >= 15 is 0 Å². The number of hydrogen-bond donors (Lipinski definition) is 1. The van der Waals surface area contributed by atoms with E-state index in [1.807, 2.05) is 21.1 Å². The Morgan fingerprint density at radius 1 is 1.23 bits per heavy atom. The molecular formula is C15H30IN5O. The Bertz CT molecular complexity index is 376. The fourth-order valence-corrected chi connectivity index (χ4v) is 2.69. The highest BCUT2D eigenvalue weighted by atomic mass is 127. The lowest BCUT2D eigenvalue weighted by molar-refractivity contribution is -0.129. The van der Waals surface area contributed by atoms with Gasteiger partial charge in [-0.25, -0.2) is 0 Å². The van der Waals surface area contributed by atoms with E-state index in [9.17, 15) is 4.79 Å². The van der Waals surface area contributed by atoms with Gasteiger partial charge in [0.2, 0.25) is 5.91 Å². The van der Waals surface area contributed by atoms with Crippen molar-refractivity contribution >= 4 is 35.8 Å². The van der Waals surface area contributed by atoms with Crippen molar-refractivity contribution in [2.24, 2.45) is 4.99 Å². The van der Waals surface area contributed by atoms with Crippen LogP contribution in [-0.2, 0) is 4.79 Å². The van der Waals surface area contributed by atoms with Crippen molar-refractivity contribution < 1.29 is 4.79 Å². The summed E-state index contributed by atoms with van der Waals surface area (Å²) in [5.41, 5.74) is 0. The molecule has 0 radical (unpaired) electrons. The van der Waals surface area contributed by atoms with E-state index in [0.29, 0.717) is 12.5 Å². The van der Waals surface area contributed by atoms with E-state index in [4.69, 9.17) is 0 Å². The van der Waals surface area contributed by atoms with Crippen molar-refractivity contribution in [2.45, 2.75) is 31.7 Å². The summed E-state index contributed by atoms with van der Waals surface area (Å²) < 4.78 is 0. The van der Waals surface area contributed by atoms with E-state index in [1.54, 1.807) is 4.90 Å². The lowest BCUT2D eigenvalue weighted by atomic mass is 9.93. The molecule has 0 aromatic carbocycles. The summed E-state index contributed by atoms with van der Waals surface area (Å²) in [5.74, 6) is 1.25. The monoisotopic (exact) mass is 423 g/mol. The van der Waals surface area contributed by atoms with Gasteiger partial charge in [0.25, 0.3) is 0 Å². The molecule has 1 saturated carbocycles. The van der Waals surface area contributed by atoms with Gasteiger partial charge in [0.15, 0.2) is 5.96 Å². The minimum atomic E-state index is 0. The van der Waals surface area contributed by atoms with Crippen LogP contribution in [0.3, 0.4) is 0 Å². The molecule has 1 N–H and O–H groups in total. The highest BCUT2D eigenvalue weighted by molar-refractivity contribution is 14.0. The summed E-state index contributed by atoms with van der Waals surface area (Å²) in [4.78, 5) is 22.4. The lowest BCUT2D eigenvalue weighted by Gasteiger charge is -2.38. The number of aliphatic imine (C=N–C) groups is 1. The molecule has 0 bridgehead atoms. The van der Waals surface area contributed by atoms with Crippen LogP contribution >= 0.6 is 24.0 Å². The SMILES string of the molecule is CN=C(NC1CCC1)N1CCN(CCC(=O)N(C)C)CC1.I. The van der Waals surface area contributed by atoms with Crippen molar-refractivity contribution in [3.05, 3.63) is 0 Å². The summed E-state index contributed by atoms with van der Waals surface area (Å²) in [5, 5.41) is 3.55. The minimum absolute atomic E-state index is 0. The number of piperazine rings is 1. The summed E-state index contributed by atoms with van der Waals surface area (Å²) in [7, 11) is 5.50. The van der Waals surface area contributed by atoms with Gasteiger partial charge in [-0.3, -0.25) is 14.7 Å². The Balaban J connectivity index is 0.00000242. The minimum Gasteiger partial charge on any atom is -0.354 e. The fourth-order valence-electron chi connectivity index (χ4n) is 2.69. The van der Waals surface area contributed by atoms with Crippen LogP contribution in [0.4, 0.5) is 0 Å². The zero-order chi connectivity index (χ0) is 15.2. The fraction of sp³-hybridized carbons (Fsp3) is 0.867. The van der Waals surface area contributed by atoms with Crippen LogP contribution in [0.15, 0.2) is 4.99 Å².